The first-order chi connectivity index (χ1) is 11.5. The number of aromatic nitrogens is 4. The number of benzene rings is 1. The number of aryl methyl sites for hydroxylation is 1. The summed E-state index contributed by atoms with van der Waals surface area (Å²) >= 11 is 1.38. The molecule has 24 heavy (non-hydrogen) atoms. The fourth-order valence-electron chi connectivity index (χ4n) is 2.37. The van der Waals surface area contributed by atoms with Gasteiger partial charge in [-0.25, -0.2) is 19.0 Å². The van der Waals surface area contributed by atoms with Gasteiger partial charge in [-0.3, -0.25) is 4.79 Å². The van der Waals surface area contributed by atoms with Crippen LogP contribution in [0.25, 0.3) is 10.6 Å². The van der Waals surface area contributed by atoms with Crippen molar-refractivity contribution in [3.63, 3.8) is 0 Å². The Morgan fingerprint density at radius 2 is 2.21 bits per heavy atom. The van der Waals surface area contributed by atoms with Gasteiger partial charge < -0.3 is 5.32 Å². The predicted molar refractivity (Wildman–Crippen MR) is 88.8 cm³/mol. The second-order valence-corrected chi connectivity index (χ2v) is 6.36. The molecule has 8 heteroatoms. The largest absolute Gasteiger partial charge is 0.347 e. The molecule has 3 rings (SSSR count). The summed E-state index contributed by atoms with van der Waals surface area (Å²) in [6, 6.07) is 6.31. The fourth-order valence-corrected chi connectivity index (χ4v) is 3.47. The van der Waals surface area contributed by atoms with Crippen molar-refractivity contribution < 1.29 is 9.18 Å². The van der Waals surface area contributed by atoms with E-state index in [2.05, 4.69) is 20.4 Å². The average molecular weight is 345 g/mol. The maximum atomic E-state index is 13.9. The third-order valence-corrected chi connectivity index (χ3v) is 4.85. The number of carbonyl (C=O) groups excluding carboxylic acids is 1. The van der Waals surface area contributed by atoms with E-state index in [1.54, 1.807) is 18.2 Å². The van der Waals surface area contributed by atoms with Gasteiger partial charge in [-0.2, -0.15) is 5.10 Å². The Bertz CT molecular complexity index is 846. The minimum atomic E-state index is -0.305. The molecule has 1 N–H and O–H groups in total. The first-order valence-corrected chi connectivity index (χ1v) is 8.20. The molecular formula is C16H16FN5OS. The van der Waals surface area contributed by atoms with Crippen LogP contribution in [-0.2, 0) is 11.3 Å². The van der Waals surface area contributed by atoms with E-state index >= 15 is 0 Å². The van der Waals surface area contributed by atoms with Crippen LogP contribution >= 0.6 is 11.3 Å². The number of carbonyl (C=O) groups is 1. The zero-order valence-corrected chi connectivity index (χ0v) is 14.0. The Balaban J connectivity index is 1.75. The summed E-state index contributed by atoms with van der Waals surface area (Å²) in [4.78, 5) is 21.2. The molecule has 0 aliphatic heterocycles. The van der Waals surface area contributed by atoms with Crippen LogP contribution in [0.2, 0.25) is 0 Å². The number of nitrogens with zero attached hydrogens (tertiary/aromatic N) is 4. The molecule has 0 saturated heterocycles. The number of rotatable bonds is 5. The zero-order chi connectivity index (χ0) is 17.1. The zero-order valence-electron chi connectivity index (χ0n) is 13.2. The normalized spacial score (nSPS) is 12.1. The molecular weight excluding hydrogens is 329 g/mol. The molecule has 0 fully saturated rings. The number of amides is 1. The van der Waals surface area contributed by atoms with Gasteiger partial charge >= 0.3 is 0 Å². The lowest BCUT2D eigenvalue weighted by atomic mass is 10.2. The predicted octanol–water partition coefficient (Wildman–Crippen LogP) is 2.73. The third kappa shape index (κ3) is 3.48. The standard InChI is InChI=1S/C16H16FN5OS/c1-10(20-14(23)7-22-9-18-8-19-22)15-11(2)21-16(24-15)12-5-3-4-6-13(12)17/h3-6,8-10H,7H2,1-2H3,(H,20,23)/t10-/m0/s1. The van der Waals surface area contributed by atoms with Crippen LogP contribution in [0.4, 0.5) is 4.39 Å². The summed E-state index contributed by atoms with van der Waals surface area (Å²) in [5.41, 5.74) is 1.25. The van der Waals surface area contributed by atoms with Gasteiger partial charge in [0.25, 0.3) is 0 Å². The second kappa shape index (κ2) is 6.88. The third-order valence-electron chi connectivity index (χ3n) is 3.48. The van der Waals surface area contributed by atoms with Crippen molar-refractivity contribution in [1.82, 2.24) is 25.1 Å². The van der Waals surface area contributed by atoms with Gasteiger partial charge in [-0.15, -0.1) is 11.3 Å². The molecule has 2 aromatic heterocycles. The lowest BCUT2D eigenvalue weighted by molar-refractivity contribution is -0.122. The minimum absolute atomic E-state index is 0.0996. The molecule has 0 bridgehead atoms. The van der Waals surface area contributed by atoms with Crippen molar-refractivity contribution in [2.24, 2.45) is 0 Å². The van der Waals surface area contributed by atoms with E-state index < -0.39 is 0 Å². The van der Waals surface area contributed by atoms with E-state index in [-0.39, 0.29) is 24.3 Å². The maximum Gasteiger partial charge on any atom is 0.242 e. The summed E-state index contributed by atoms with van der Waals surface area (Å²) < 4.78 is 15.4. The van der Waals surface area contributed by atoms with Gasteiger partial charge in [0.2, 0.25) is 5.91 Å². The van der Waals surface area contributed by atoms with Gasteiger partial charge in [-0.1, -0.05) is 12.1 Å². The monoisotopic (exact) mass is 345 g/mol. The lowest BCUT2D eigenvalue weighted by Gasteiger charge is -2.12. The summed E-state index contributed by atoms with van der Waals surface area (Å²) in [5.74, 6) is -0.478. The van der Waals surface area contributed by atoms with Crippen molar-refractivity contribution in [3.8, 4) is 10.6 Å². The van der Waals surface area contributed by atoms with Gasteiger partial charge in [0.1, 0.15) is 30.0 Å². The highest BCUT2D eigenvalue weighted by atomic mass is 32.1. The Morgan fingerprint density at radius 3 is 2.92 bits per heavy atom. The van der Waals surface area contributed by atoms with Crippen molar-refractivity contribution in [2.75, 3.05) is 0 Å². The van der Waals surface area contributed by atoms with E-state index in [0.29, 0.717) is 10.6 Å². The van der Waals surface area contributed by atoms with Crippen molar-refractivity contribution >= 4 is 17.2 Å². The molecule has 0 aliphatic carbocycles. The Labute approximate surface area is 142 Å². The Hall–Kier alpha value is -2.61. The minimum Gasteiger partial charge on any atom is -0.347 e. The van der Waals surface area contributed by atoms with E-state index in [0.717, 1.165) is 10.6 Å². The van der Waals surface area contributed by atoms with Gasteiger partial charge in [0.15, 0.2) is 0 Å². The van der Waals surface area contributed by atoms with Crippen LogP contribution in [-0.4, -0.2) is 25.7 Å². The van der Waals surface area contributed by atoms with E-state index in [1.807, 2.05) is 13.8 Å². The number of hydrogen-bond donors (Lipinski definition) is 1. The first kappa shape index (κ1) is 16.3. The highest BCUT2D eigenvalue weighted by Crippen LogP contribution is 2.32. The van der Waals surface area contributed by atoms with Crippen molar-refractivity contribution in [3.05, 3.63) is 53.3 Å². The van der Waals surface area contributed by atoms with Crippen LogP contribution in [0, 0.1) is 12.7 Å². The molecule has 2 heterocycles. The molecule has 0 unspecified atom stereocenters. The number of thiazole rings is 1. The van der Waals surface area contributed by atoms with Gasteiger partial charge in [0, 0.05) is 5.56 Å². The Morgan fingerprint density at radius 1 is 1.42 bits per heavy atom. The topological polar surface area (TPSA) is 72.7 Å². The quantitative estimate of drug-likeness (QED) is 0.772. The molecule has 124 valence electrons. The average Bonchev–Trinajstić information content (AvgIpc) is 3.17. The number of halogens is 1. The van der Waals surface area contributed by atoms with E-state index in [4.69, 9.17) is 0 Å². The molecule has 1 aromatic carbocycles. The molecule has 3 aromatic rings. The highest BCUT2D eigenvalue weighted by molar-refractivity contribution is 7.15. The fraction of sp³-hybridized carbons (Fsp3) is 0.250. The summed E-state index contributed by atoms with van der Waals surface area (Å²) in [6.45, 7) is 3.84. The van der Waals surface area contributed by atoms with Crippen LogP contribution < -0.4 is 5.32 Å². The van der Waals surface area contributed by atoms with Crippen LogP contribution in [0.3, 0.4) is 0 Å². The molecule has 0 aliphatic rings. The summed E-state index contributed by atoms with van der Waals surface area (Å²) in [6.07, 6.45) is 2.86. The van der Waals surface area contributed by atoms with E-state index in [1.165, 1.54) is 34.7 Å². The SMILES string of the molecule is Cc1nc(-c2ccccc2F)sc1[C@H](C)NC(=O)Cn1cncn1. The number of hydrogen-bond acceptors (Lipinski definition) is 5. The summed E-state index contributed by atoms with van der Waals surface area (Å²) in [5, 5.41) is 7.41. The Kier molecular flexibility index (Phi) is 4.66. The molecule has 0 saturated carbocycles. The van der Waals surface area contributed by atoms with Crippen molar-refractivity contribution in [1.29, 1.82) is 0 Å². The molecule has 1 atom stereocenters. The van der Waals surface area contributed by atoms with Crippen LogP contribution in [0.15, 0.2) is 36.9 Å². The lowest BCUT2D eigenvalue weighted by Crippen LogP contribution is -2.30. The van der Waals surface area contributed by atoms with Crippen LogP contribution in [0.1, 0.15) is 23.5 Å². The summed E-state index contributed by atoms with van der Waals surface area (Å²) in [7, 11) is 0. The van der Waals surface area contributed by atoms with Crippen molar-refractivity contribution in [2.45, 2.75) is 26.4 Å². The number of nitrogens with one attached hydrogen (secondary N) is 1. The molecule has 0 radical (unpaired) electrons. The van der Waals surface area contributed by atoms with Crippen LogP contribution in [0.5, 0.6) is 0 Å². The molecule has 6 nitrogen and oxygen atoms in total. The molecule has 1 amide bonds. The smallest absolute Gasteiger partial charge is 0.242 e. The van der Waals surface area contributed by atoms with Gasteiger partial charge in [-0.05, 0) is 26.0 Å². The first-order valence-electron chi connectivity index (χ1n) is 7.38. The maximum absolute atomic E-state index is 13.9. The van der Waals surface area contributed by atoms with E-state index in [9.17, 15) is 9.18 Å². The van der Waals surface area contributed by atoms with Gasteiger partial charge in [0.05, 0.1) is 16.6 Å². The second-order valence-electron chi connectivity index (χ2n) is 5.33. The molecule has 0 spiro atoms. The highest BCUT2D eigenvalue weighted by Gasteiger charge is 2.18.